The van der Waals surface area contributed by atoms with E-state index >= 15 is 0 Å². The van der Waals surface area contributed by atoms with Gasteiger partial charge < -0.3 is 47.8 Å². The van der Waals surface area contributed by atoms with Gasteiger partial charge in [-0.3, -0.25) is 14.5 Å². The Morgan fingerprint density at radius 1 is 0.820 bits per heavy atom. The average Bonchev–Trinajstić information content (AvgIpc) is 3.14. The minimum absolute atomic E-state index is 0.120. The molecule has 2 N–H and O–H groups in total. The fourth-order valence-electron chi connectivity index (χ4n) is 6.41. The summed E-state index contributed by atoms with van der Waals surface area (Å²) in [5.74, 6) is 0.436. The monoisotopic (exact) mass is 691 g/mol. The van der Waals surface area contributed by atoms with Gasteiger partial charge in [-0.25, -0.2) is 0 Å². The van der Waals surface area contributed by atoms with Crippen LogP contribution in [0.2, 0.25) is 0 Å². The number of aromatic hydroxyl groups is 2. The summed E-state index contributed by atoms with van der Waals surface area (Å²) in [6, 6.07) is 12.9. The van der Waals surface area contributed by atoms with Crippen molar-refractivity contribution in [3.63, 3.8) is 0 Å². The second kappa shape index (κ2) is 15.3. The Morgan fingerprint density at radius 2 is 1.46 bits per heavy atom. The summed E-state index contributed by atoms with van der Waals surface area (Å²) in [4.78, 5) is 28.0. The highest BCUT2D eigenvalue weighted by Crippen LogP contribution is 2.46. The second-order valence-electron chi connectivity index (χ2n) is 11.5. The number of nitrogens with zero attached hydrogens (tertiary/aromatic N) is 1. The minimum Gasteiger partial charge on any atom is -0.504 e. The molecule has 5 rings (SSSR count). The molecule has 0 saturated heterocycles. The van der Waals surface area contributed by atoms with E-state index in [0.717, 1.165) is 16.7 Å². The van der Waals surface area contributed by atoms with Gasteiger partial charge in [0.25, 0.3) is 0 Å². The number of ether oxygens (including phenoxy) is 7. The van der Waals surface area contributed by atoms with Gasteiger partial charge in [0.2, 0.25) is 16.9 Å². The third-order valence-electron chi connectivity index (χ3n) is 8.86. The zero-order chi connectivity index (χ0) is 36.1. The van der Waals surface area contributed by atoms with Crippen molar-refractivity contribution in [2.75, 3.05) is 56.3 Å². The lowest BCUT2D eigenvalue weighted by molar-refractivity contribution is -0.140. The number of methoxy groups -OCH3 is 7. The largest absolute Gasteiger partial charge is 0.504 e. The highest BCUT2D eigenvalue weighted by Gasteiger charge is 2.34. The summed E-state index contributed by atoms with van der Waals surface area (Å²) in [6.45, 7) is 0.659. The molecule has 0 aliphatic carbocycles. The topological polar surface area (TPSA) is 156 Å². The summed E-state index contributed by atoms with van der Waals surface area (Å²) >= 11 is 0. The highest BCUT2D eigenvalue weighted by atomic mass is 16.5. The molecule has 0 saturated carbocycles. The molecular formula is C37H41NO12. The van der Waals surface area contributed by atoms with Crippen LogP contribution in [-0.2, 0) is 22.5 Å². The minimum atomic E-state index is -0.950. The lowest BCUT2D eigenvalue weighted by atomic mass is 9.87. The van der Waals surface area contributed by atoms with Gasteiger partial charge in [0.15, 0.2) is 40.3 Å². The van der Waals surface area contributed by atoms with Gasteiger partial charge in [-0.2, -0.15) is 0 Å². The van der Waals surface area contributed by atoms with Crippen molar-refractivity contribution in [2.45, 2.75) is 31.3 Å². The fraction of sp³-hybridized carbons (Fsp3) is 0.351. The van der Waals surface area contributed by atoms with Crippen LogP contribution < -0.4 is 33.8 Å². The lowest BCUT2D eigenvalue weighted by Crippen LogP contribution is -2.36. The molecule has 2 atom stereocenters. The zero-order valence-corrected chi connectivity index (χ0v) is 29.0. The molecule has 0 bridgehead atoms. The molecule has 0 radical (unpaired) electrons. The van der Waals surface area contributed by atoms with E-state index in [1.807, 2.05) is 24.3 Å². The van der Waals surface area contributed by atoms with Crippen molar-refractivity contribution in [1.29, 1.82) is 0 Å². The Balaban J connectivity index is 1.66. The standard InChI is InChI=1S/C37H41NO12/c1-43-28-12-20(8-9-26(28)39)25(18-33(41)48-6)36-35(42)27(40)16-23(50-36)19-38-11-10-21-13-29(44-2)30(45-3)17-24(21)34(38)22-14-31(46-4)37(49-7)32(15-22)47-5/h8-9,12-17,25,34,39,42H,10-11,18-19H2,1-7H3/t25-,34-/m0/s1. The van der Waals surface area contributed by atoms with E-state index in [9.17, 15) is 19.8 Å². The molecule has 3 aromatic carbocycles. The number of esters is 1. The zero-order valence-electron chi connectivity index (χ0n) is 29.0. The Labute approximate surface area is 289 Å². The number of fused-ring (bicyclic) bond motifs is 1. The van der Waals surface area contributed by atoms with Crippen LogP contribution in [0.3, 0.4) is 0 Å². The van der Waals surface area contributed by atoms with Crippen LogP contribution in [0, 0.1) is 0 Å². The van der Waals surface area contributed by atoms with Crippen LogP contribution in [-0.4, -0.2) is 77.4 Å². The third-order valence-corrected chi connectivity index (χ3v) is 8.86. The van der Waals surface area contributed by atoms with Crippen LogP contribution in [0.15, 0.2) is 57.7 Å². The number of hydrogen-bond donors (Lipinski definition) is 2. The summed E-state index contributed by atoms with van der Waals surface area (Å²) in [5.41, 5.74) is 2.52. The highest BCUT2D eigenvalue weighted by molar-refractivity contribution is 5.71. The van der Waals surface area contributed by atoms with Crippen molar-refractivity contribution in [3.05, 3.63) is 92.5 Å². The molecule has 0 fully saturated rings. The van der Waals surface area contributed by atoms with Crippen molar-refractivity contribution >= 4 is 5.97 Å². The number of hydrogen-bond acceptors (Lipinski definition) is 13. The van der Waals surface area contributed by atoms with Crippen LogP contribution in [0.25, 0.3) is 0 Å². The summed E-state index contributed by atoms with van der Waals surface area (Å²) in [6.07, 6.45) is 0.362. The first kappa shape index (κ1) is 35.7. The fourth-order valence-corrected chi connectivity index (χ4v) is 6.41. The van der Waals surface area contributed by atoms with Gasteiger partial charge in [0.1, 0.15) is 5.76 Å². The van der Waals surface area contributed by atoms with E-state index in [4.69, 9.17) is 37.6 Å². The molecule has 0 amide bonds. The maximum absolute atomic E-state index is 13.3. The van der Waals surface area contributed by atoms with E-state index in [2.05, 4.69) is 4.90 Å². The number of rotatable bonds is 13. The van der Waals surface area contributed by atoms with E-state index < -0.39 is 29.1 Å². The van der Waals surface area contributed by atoms with Gasteiger partial charge >= 0.3 is 5.97 Å². The van der Waals surface area contributed by atoms with Crippen molar-refractivity contribution in [1.82, 2.24) is 4.90 Å². The van der Waals surface area contributed by atoms with Crippen molar-refractivity contribution in [3.8, 4) is 46.0 Å². The van der Waals surface area contributed by atoms with Crippen molar-refractivity contribution in [2.24, 2.45) is 0 Å². The summed E-state index contributed by atoms with van der Waals surface area (Å²) < 4.78 is 44.8. The average molecular weight is 692 g/mol. The molecule has 13 heteroatoms. The number of phenolic OH excluding ortho intramolecular Hbond substituents is 1. The van der Waals surface area contributed by atoms with E-state index in [0.29, 0.717) is 47.3 Å². The van der Waals surface area contributed by atoms with Gasteiger partial charge in [-0.1, -0.05) is 6.07 Å². The van der Waals surface area contributed by atoms with Crippen LogP contribution in [0.1, 0.15) is 52.2 Å². The van der Waals surface area contributed by atoms with Crippen LogP contribution >= 0.6 is 0 Å². The van der Waals surface area contributed by atoms with Gasteiger partial charge in [-0.15, -0.1) is 0 Å². The van der Waals surface area contributed by atoms with E-state index in [1.54, 1.807) is 34.5 Å². The SMILES string of the molecule is COC(=O)C[C@@H](c1ccc(O)c(OC)c1)c1oc(CN2CCc3cc(OC)c(OC)cc3[C@@H]2c2cc(OC)c(OC)c(OC)c2)cc(=O)c1O. The number of benzene rings is 3. The predicted octanol–water partition coefficient (Wildman–Crippen LogP) is 4.95. The molecule has 2 heterocycles. The maximum Gasteiger partial charge on any atom is 0.306 e. The first-order valence-electron chi connectivity index (χ1n) is 15.7. The first-order chi connectivity index (χ1) is 24.1. The molecule has 266 valence electrons. The van der Waals surface area contributed by atoms with E-state index in [-0.39, 0.29) is 36.0 Å². The summed E-state index contributed by atoms with van der Waals surface area (Å²) in [7, 11) is 10.4. The smallest absolute Gasteiger partial charge is 0.306 e. The van der Waals surface area contributed by atoms with Crippen LogP contribution in [0.4, 0.5) is 0 Å². The lowest BCUT2D eigenvalue weighted by Gasteiger charge is -2.38. The molecule has 13 nitrogen and oxygen atoms in total. The Hall–Kier alpha value is -5.56. The van der Waals surface area contributed by atoms with Gasteiger partial charge in [-0.05, 0) is 65.1 Å². The molecule has 0 spiro atoms. The molecule has 0 unspecified atom stereocenters. The van der Waals surface area contributed by atoms with Crippen molar-refractivity contribution < 1.29 is 52.6 Å². The van der Waals surface area contributed by atoms with E-state index in [1.165, 1.54) is 39.5 Å². The Bertz CT molecular complexity index is 1890. The Morgan fingerprint density at radius 3 is 2.06 bits per heavy atom. The number of phenols is 1. The van der Waals surface area contributed by atoms with Gasteiger partial charge in [0, 0.05) is 12.6 Å². The summed E-state index contributed by atoms with van der Waals surface area (Å²) in [5, 5.41) is 21.2. The molecule has 1 aliphatic rings. The number of carbonyl (C=O) groups excluding carboxylic acids is 1. The predicted molar refractivity (Wildman–Crippen MR) is 181 cm³/mol. The normalized spacial score (nSPS) is 14.7. The maximum atomic E-state index is 13.3. The van der Waals surface area contributed by atoms with Gasteiger partial charge in [0.05, 0.1) is 74.7 Å². The first-order valence-corrected chi connectivity index (χ1v) is 15.7. The molecule has 50 heavy (non-hydrogen) atoms. The molecule has 1 aliphatic heterocycles. The third kappa shape index (κ3) is 6.95. The second-order valence-corrected chi connectivity index (χ2v) is 11.5. The molecular weight excluding hydrogens is 650 g/mol. The Kier molecular flexibility index (Phi) is 11.0. The number of carbonyl (C=O) groups is 1. The molecule has 1 aromatic heterocycles. The van der Waals surface area contributed by atoms with Crippen LogP contribution in [0.5, 0.6) is 46.0 Å². The quantitative estimate of drug-likeness (QED) is 0.182. The molecule has 4 aromatic rings.